The first-order chi connectivity index (χ1) is 10.1. The highest BCUT2D eigenvalue weighted by molar-refractivity contribution is 5.71. The molecular weight excluding hydrogens is 268 g/mol. The normalized spacial score (nSPS) is 10.8. The molecule has 2 heterocycles. The second-order valence-electron chi connectivity index (χ2n) is 4.71. The van der Waals surface area contributed by atoms with Gasteiger partial charge in [0, 0.05) is 17.3 Å². The Bertz CT molecular complexity index is 789. The van der Waals surface area contributed by atoms with Crippen LogP contribution in [0.25, 0.3) is 17.0 Å². The molecule has 0 aliphatic carbocycles. The van der Waals surface area contributed by atoms with Crippen LogP contribution in [0.5, 0.6) is 11.5 Å². The fourth-order valence-corrected chi connectivity index (χ4v) is 2.29. The van der Waals surface area contributed by atoms with Gasteiger partial charge in [0.1, 0.15) is 11.5 Å². The molecule has 6 nitrogen and oxygen atoms in total. The van der Waals surface area contributed by atoms with Crippen LogP contribution < -0.4 is 15.2 Å². The third-order valence-electron chi connectivity index (χ3n) is 3.39. The van der Waals surface area contributed by atoms with E-state index >= 15 is 0 Å². The number of fused-ring (bicyclic) bond motifs is 1. The van der Waals surface area contributed by atoms with E-state index in [9.17, 15) is 0 Å². The molecule has 0 saturated carbocycles. The van der Waals surface area contributed by atoms with Gasteiger partial charge in [0.15, 0.2) is 11.5 Å². The molecule has 0 bridgehead atoms. The molecule has 2 aromatic heterocycles. The standard InChI is InChI=1S/C15H16N4O2/c1-9-4-5-13(16)15-18-17-14(19(9)15)10-6-11(20-2)8-12(7-10)21-3/h4-8H,16H2,1-3H3. The van der Waals surface area contributed by atoms with Crippen molar-refractivity contribution >= 4 is 11.3 Å². The summed E-state index contributed by atoms with van der Waals surface area (Å²) in [6.45, 7) is 1.98. The van der Waals surface area contributed by atoms with Gasteiger partial charge in [0.05, 0.1) is 19.9 Å². The van der Waals surface area contributed by atoms with Gasteiger partial charge in [-0.3, -0.25) is 4.40 Å². The van der Waals surface area contributed by atoms with Crippen LogP contribution in [0.15, 0.2) is 30.3 Å². The highest BCUT2D eigenvalue weighted by Gasteiger charge is 2.14. The van der Waals surface area contributed by atoms with Gasteiger partial charge in [-0.1, -0.05) is 0 Å². The molecule has 1 aromatic carbocycles. The van der Waals surface area contributed by atoms with E-state index in [1.807, 2.05) is 41.7 Å². The molecular formula is C15H16N4O2. The predicted octanol–water partition coefficient (Wildman–Crippen LogP) is 2.30. The van der Waals surface area contributed by atoms with E-state index in [4.69, 9.17) is 15.2 Å². The molecule has 3 aromatic rings. The van der Waals surface area contributed by atoms with Gasteiger partial charge in [-0.05, 0) is 31.2 Å². The Morgan fingerprint density at radius 3 is 2.29 bits per heavy atom. The van der Waals surface area contributed by atoms with Crippen molar-refractivity contribution in [3.05, 3.63) is 36.0 Å². The Kier molecular flexibility index (Phi) is 3.13. The fraction of sp³-hybridized carbons (Fsp3) is 0.200. The van der Waals surface area contributed by atoms with Crippen LogP contribution in [-0.2, 0) is 0 Å². The number of anilines is 1. The molecule has 0 aliphatic heterocycles. The van der Waals surface area contributed by atoms with E-state index in [2.05, 4.69) is 10.2 Å². The minimum atomic E-state index is 0.592. The molecule has 6 heteroatoms. The number of nitrogen functional groups attached to an aromatic ring is 1. The lowest BCUT2D eigenvalue weighted by molar-refractivity contribution is 0.394. The average Bonchev–Trinajstić information content (AvgIpc) is 2.96. The number of nitrogens with zero attached hydrogens (tertiary/aromatic N) is 3. The van der Waals surface area contributed by atoms with Crippen LogP contribution in [0.1, 0.15) is 5.69 Å². The van der Waals surface area contributed by atoms with E-state index in [1.54, 1.807) is 14.2 Å². The van der Waals surface area contributed by atoms with Gasteiger partial charge in [0.25, 0.3) is 0 Å². The summed E-state index contributed by atoms with van der Waals surface area (Å²) < 4.78 is 12.5. The first-order valence-electron chi connectivity index (χ1n) is 6.47. The largest absolute Gasteiger partial charge is 0.497 e. The van der Waals surface area contributed by atoms with Gasteiger partial charge in [-0.2, -0.15) is 0 Å². The minimum absolute atomic E-state index is 0.592. The first-order valence-corrected chi connectivity index (χ1v) is 6.47. The second kappa shape index (κ2) is 4.97. The van der Waals surface area contributed by atoms with Crippen LogP contribution in [0.4, 0.5) is 5.69 Å². The van der Waals surface area contributed by atoms with Crippen molar-refractivity contribution in [1.82, 2.24) is 14.6 Å². The maximum absolute atomic E-state index is 5.96. The Morgan fingerprint density at radius 1 is 1.00 bits per heavy atom. The van der Waals surface area contributed by atoms with Gasteiger partial charge in [0.2, 0.25) is 0 Å². The molecule has 0 atom stereocenters. The Labute approximate surface area is 122 Å². The Morgan fingerprint density at radius 2 is 1.67 bits per heavy atom. The maximum atomic E-state index is 5.96. The summed E-state index contributed by atoms with van der Waals surface area (Å²) in [7, 11) is 3.23. The predicted molar refractivity (Wildman–Crippen MR) is 80.7 cm³/mol. The van der Waals surface area contributed by atoms with Crippen LogP contribution >= 0.6 is 0 Å². The number of aryl methyl sites for hydroxylation is 1. The van der Waals surface area contributed by atoms with E-state index in [0.29, 0.717) is 28.7 Å². The third-order valence-corrected chi connectivity index (χ3v) is 3.39. The van der Waals surface area contributed by atoms with Crippen LogP contribution in [0.3, 0.4) is 0 Å². The number of nitrogens with two attached hydrogens (primary N) is 1. The molecule has 108 valence electrons. The summed E-state index contributed by atoms with van der Waals surface area (Å²) in [5.41, 5.74) is 9.05. The number of benzene rings is 1. The number of hydrogen-bond acceptors (Lipinski definition) is 5. The zero-order valence-electron chi connectivity index (χ0n) is 12.1. The van der Waals surface area contributed by atoms with Gasteiger partial charge in [-0.25, -0.2) is 0 Å². The summed E-state index contributed by atoms with van der Waals surface area (Å²) in [6.07, 6.45) is 0. The summed E-state index contributed by atoms with van der Waals surface area (Å²) in [6, 6.07) is 9.36. The second-order valence-corrected chi connectivity index (χ2v) is 4.71. The molecule has 0 aliphatic rings. The highest BCUT2D eigenvalue weighted by Crippen LogP contribution is 2.30. The van der Waals surface area contributed by atoms with E-state index in [1.165, 1.54) is 0 Å². The van der Waals surface area contributed by atoms with E-state index in [0.717, 1.165) is 11.3 Å². The van der Waals surface area contributed by atoms with Crippen molar-refractivity contribution < 1.29 is 9.47 Å². The average molecular weight is 284 g/mol. The van der Waals surface area contributed by atoms with Crippen LogP contribution in [-0.4, -0.2) is 28.8 Å². The van der Waals surface area contributed by atoms with Crippen LogP contribution in [0.2, 0.25) is 0 Å². The smallest absolute Gasteiger partial charge is 0.184 e. The number of ether oxygens (including phenoxy) is 2. The molecule has 0 saturated heterocycles. The summed E-state index contributed by atoms with van der Waals surface area (Å²) in [5.74, 6) is 2.09. The zero-order valence-corrected chi connectivity index (χ0v) is 12.1. The van der Waals surface area contributed by atoms with Crippen LogP contribution in [0, 0.1) is 6.92 Å². The lowest BCUT2D eigenvalue weighted by Crippen LogP contribution is -1.98. The lowest BCUT2D eigenvalue weighted by Gasteiger charge is -2.09. The third kappa shape index (κ3) is 2.14. The summed E-state index contributed by atoms with van der Waals surface area (Å²) in [4.78, 5) is 0. The van der Waals surface area contributed by atoms with Gasteiger partial charge >= 0.3 is 0 Å². The molecule has 0 radical (unpaired) electrons. The van der Waals surface area contributed by atoms with Gasteiger partial charge < -0.3 is 15.2 Å². The highest BCUT2D eigenvalue weighted by atomic mass is 16.5. The first kappa shape index (κ1) is 13.2. The van der Waals surface area contributed by atoms with Crippen molar-refractivity contribution in [3.63, 3.8) is 0 Å². The van der Waals surface area contributed by atoms with Crippen molar-refractivity contribution in [2.24, 2.45) is 0 Å². The number of hydrogen-bond donors (Lipinski definition) is 1. The molecule has 0 spiro atoms. The van der Waals surface area contributed by atoms with Crippen molar-refractivity contribution in [1.29, 1.82) is 0 Å². The molecule has 0 unspecified atom stereocenters. The fourth-order valence-electron chi connectivity index (χ4n) is 2.29. The van der Waals surface area contributed by atoms with Gasteiger partial charge in [-0.15, -0.1) is 10.2 Å². The molecule has 2 N–H and O–H groups in total. The van der Waals surface area contributed by atoms with Crippen molar-refractivity contribution in [3.8, 4) is 22.9 Å². The van der Waals surface area contributed by atoms with Crippen molar-refractivity contribution in [2.45, 2.75) is 6.92 Å². The van der Waals surface area contributed by atoms with Crippen molar-refractivity contribution in [2.75, 3.05) is 20.0 Å². The molecule has 3 rings (SSSR count). The topological polar surface area (TPSA) is 74.7 Å². The zero-order chi connectivity index (χ0) is 15.0. The Hall–Kier alpha value is -2.76. The monoisotopic (exact) mass is 284 g/mol. The SMILES string of the molecule is COc1cc(OC)cc(-c2nnc3c(N)ccc(C)n23)c1. The number of aromatic nitrogens is 3. The maximum Gasteiger partial charge on any atom is 0.184 e. The molecule has 21 heavy (non-hydrogen) atoms. The number of rotatable bonds is 3. The quantitative estimate of drug-likeness (QED) is 0.798. The van der Waals surface area contributed by atoms with E-state index in [-0.39, 0.29) is 0 Å². The minimum Gasteiger partial charge on any atom is -0.497 e. The molecule has 0 amide bonds. The summed E-state index contributed by atoms with van der Waals surface area (Å²) in [5, 5.41) is 8.43. The number of methoxy groups -OCH3 is 2. The lowest BCUT2D eigenvalue weighted by atomic mass is 10.2. The van der Waals surface area contributed by atoms with E-state index < -0.39 is 0 Å². The summed E-state index contributed by atoms with van der Waals surface area (Å²) >= 11 is 0. The number of pyridine rings is 1. The Balaban J connectivity index is 2.28. The molecule has 0 fully saturated rings.